The van der Waals surface area contributed by atoms with Crippen LogP contribution in [0.4, 0.5) is 0 Å². The maximum Gasteiger partial charge on any atom is 0.339 e. The van der Waals surface area contributed by atoms with Crippen molar-refractivity contribution in [3.8, 4) is 11.8 Å². The Morgan fingerprint density at radius 2 is 2.25 bits per heavy atom. The molecule has 0 radical (unpaired) electrons. The molecule has 1 rings (SSSR count). The minimum Gasteiger partial charge on any atom is -0.462 e. The van der Waals surface area contributed by atoms with E-state index < -0.39 is 0 Å². The zero-order chi connectivity index (χ0) is 11.8. The van der Waals surface area contributed by atoms with Crippen LogP contribution in [-0.4, -0.2) is 12.6 Å². The molecule has 0 aliphatic heterocycles. The fraction of sp³-hybridized carbons (Fsp3) is 0.154. The summed E-state index contributed by atoms with van der Waals surface area (Å²) in [6.07, 6.45) is 1.50. The molecule has 82 valence electrons. The Hall–Kier alpha value is -1.72. The summed E-state index contributed by atoms with van der Waals surface area (Å²) >= 11 is 5.35. The lowest BCUT2D eigenvalue weighted by atomic mass is 10.1. The lowest BCUT2D eigenvalue weighted by Gasteiger charge is -2.03. The van der Waals surface area contributed by atoms with Crippen molar-refractivity contribution in [2.45, 2.75) is 6.92 Å². The lowest BCUT2D eigenvalue weighted by molar-refractivity contribution is 0.0526. The van der Waals surface area contributed by atoms with E-state index in [0.29, 0.717) is 17.7 Å². The van der Waals surface area contributed by atoms with E-state index in [1.165, 1.54) is 11.6 Å². The average Bonchev–Trinajstić information content (AvgIpc) is 2.30. The molecule has 2 nitrogen and oxygen atoms in total. The number of allylic oxidation sites excluding steroid dienone is 1. The zero-order valence-electron chi connectivity index (χ0n) is 8.87. The SMILES string of the molecule is CCOC(=O)c1ccccc1C#C/C=C\Cl. The molecule has 0 spiro atoms. The summed E-state index contributed by atoms with van der Waals surface area (Å²) in [7, 11) is 0. The quantitative estimate of drug-likeness (QED) is 0.581. The van der Waals surface area contributed by atoms with Crippen LogP contribution >= 0.6 is 11.6 Å². The number of hydrogen-bond donors (Lipinski definition) is 0. The molecular weight excluding hydrogens is 224 g/mol. The van der Waals surface area contributed by atoms with Crippen LogP contribution in [0.3, 0.4) is 0 Å². The van der Waals surface area contributed by atoms with Gasteiger partial charge in [-0.05, 0) is 25.1 Å². The van der Waals surface area contributed by atoms with Crippen LogP contribution in [0.25, 0.3) is 0 Å². The number of hydrogen-bond acceptors (Lipinski definition) is 2. The van der Waals surface area contributed by atoms with Crippen molar-refractivity contribution in [1.82, 2.24) is 0 Å². The van der Waals surface area contributed by atoms with Gasteiger partial charge in [0.1, 0.15) is 0 Å². The van der Waals surface area contributed by atoms with Crippen molar-refractivity contribution in [2.24, 2.45) is 0 Å². The summed E-state index contributed by atoms with van der Waals surface area (Å²) in [5.74, 6) is 5.19. The van der Waals surface area contributed by atoms with Crippen LogP contribution < -0.4 is 0 Å². The first-order valence-corrected chi connectivity index (χ1v) is 5.26. The number of carbonyl (C=O) groups excluding carboxylic acids is 1. The first kappa shape index (κ1) is 12.4. The molecule has 0 N–H and O–H groups in total. The van der Waals surface area contributed by atoms with Gasteiger partial charge < -0.3 is 4.74 Å². The monoisotopic (exact) mass is 234 g/mol. The van der Waals surface area contributed by atoms with Crippen LogP contribution in [0.15, 0.2) is 35.9 Å². The number of ether oxygens (including phenoxy) is 1. The van der Waals surface area contributed by atoms with Gasteiger partial charge in [0, 0.05) is 11.1 Å². The van der Waals surface area contributed by atoms with Crippen LogP contribution in [0, 0.1) is 11.8 Å². The van der Waals surface area contributed by atoms with Crippen LogP contribution in [0.5, 0.6) is 0 Å². The highest BCUT2D eigenvalue weighted by Crippen LogP contribution is 2.08. The third-order valence-corrected chi connectivity index (χ3v) is 1.90. The zero-order valence-corrected chi connectivity index (χ0v) is 9.62. The Bertz CT molecular complexity index is 452. The predicted molar refractivity (Wildman–Crippen MR) is 64.3 cm³/mol. The Morgan fingerprint density at radius 3 is 2.94 bits per heavy atom. The fourth-order valence-corrected chi connectivity index (χ4v) is 1.19. The minimum absolute atomic E-state index is 0.349. The van der Waals surface area contributed by atoms with E-state index in [0.717, 1.165) is 0 Å². The third kappa shape index (κ3) is 3.45. The van der Waals surface area contributed by atoms with E-state index in [1.54, 1.807) is 25.1 Å². The normalized spacial score (nSPS) is 9.62. The smallest absolute Gasteiger partial charge is 0.339 e. The van der Waals surface area contributed by atoms with Crippen LogP contribution in [0.1, 0.15) is 22.8 Å². The van der Waals surface area contributed by atoms with Gasteiger partial charge in [0.05, 0.1) is 12.2 Å². The standard InChI is InChI=1S/C13H11ClO2/c1-2-16-13(15)12-9-4-3-7-11(12)8-5-6-10-14/h3-4,6-7,9-10H,2H2,1H3/b10-6-. The second-order valence-electron chi connectivity index (χ2n) is 2.83. The van der Waals surface area contributed by atoms with E-state index in [2.05, 4.69) is 11.8 Å². The van der Waals surface area contributed by atoms with E-state index in [9.17, 15) is 4.79 Å². The van der Waals surface area contributed by atoms with E-state index in [-0.39, 0.29) is 5.97 Å². The molecule has 0 aliphatic rings. The number of rotatable bonds is 2. The highest BCUT2D eigenvalue weighted by atomic mass is 35.5. The number of halogens is 1. The molecule has 16 heavy (non-hydrogen) atoms. The maximum atomic E-state index is 11.6. The van der Waals surface area contributed by atoms with Gasteiger partial charge in [0.25, 0.3) is 0 Å². The minimum atomic E-state index is -0.359. The number of benzene rings is 1. The molecule has 0 aliphatic carbocycles. The summed E-state index contributed by atoms with van der Waals surface area (Å²) in [5.41, 5.74) is 2.43. The largest absolute Gasteiger partial charge is 0.462 e. The van der Waals surface area contributed by atoms with Gasteiger partial charge >= 0.3 is 5.97 Å². The summed E-state index contributed by atoms with van der Waals surface area (Å²) in [6.45, 7) is 2.12. The molecule has 0 heterocycles. The van der Waals surface area contributed by atoms with Gasteiger partial charge in [-0.3, -0.25) is 0 Å². The second kappa shape index (κ2) is 6.71. The highest BCUT2D eigenvalue weighted by Gasteiger charge is 2.09. The van der Waals surface area contributed by atoms with Gasteiger partial charge in [-0.2, -0.15) is 0 Å². The topological polar surface area (TPSA) is 26.3 Å². The molecule has 0 bridgehead atoms. The molecule has 0 amide bonds. The van der Waals surface area contributed by atoms with Gasteiger partial charge in [-0.25, -0.2) is 4.79 Å². The van der Waals surface area contributed by atoms with Gasteiger partial charge in [-0.1, -0.05) is 35.6 Å². The van der Waals surface area contributed by atoms with Crippen LogP contribution in [0.2, 0.25) is 0 Å². The van der Waals surface area contributed by atoms with Gasteiger partial charge in [-0.15, -0.1) is 0 Å². The van der Waals surface area contributed by atoms with E-state index in [1.807, 2.05) is 6.07 Å². The van der Waals surface area contributed by atoms with Crippen molar-refractivity contribution >= 4 is 17.6 Å². The molecule has 0 unspecified atom stereocenters. The van der Waals surface area contributed by atoms with Crippen molar-refractivity contribution in [1.29, 1.82) is 0 Å². The van der Waals surface area contributed by atoms with Gasteiger partial charge in [0.15, 0.2) is 0 Å². The first-order valence-electron chi connectivity index (χ1n) is 4.82. The molecular formula is C13H11ClO2. The molecule has 0 saturated carbocycles. The number of carbonyl (C=O) groups is 1. The molecule has 0 aromatic heterocycles. The summed E-state index contributed by atoms with van der Waals surface area (Å²) in [6, 6.07) is 7.04. The molecule has 1 aromatic rings. The Kier molecular flexibility index (Phi) is 5.18. The Labute approximate surface area is 99.9 Å². The second-order valence-corrected chi connectivity index (χ2v) is 3.08. The van der Waals surface area contributed by atoms with Crippen LogP contribution in [-0.2, 0) is 4.74 Å². The molecule has 0 fully saturated rings. The van der Waals surface area contributed by atoms with Gasteiger partial charge in [0.2, 0.25) is 0 Å². The lowest BCUT2D eigenvalue weighted by Crippen LogP contribution is -2.06. The van der Waals surface area contributed by atoms with E-state index >= 15 is 0 Å². The number of esters is 1. The highest BCUT2D eigenvalue weighted by molar-refractivity contribution is 6.25. The Balaban J connectivity index is 3.02. The third-order valence-electron chi connectivity index (χ3n) is 1.78. The summed E-state index contributed by atoms with van der Waals surface area (Å²) < 4.78 is 4.92. The molecule has 1 aromatic carbocycles. The molecule has 3 heteroatoms. The van der Waals surface area contributed by atoms with Crippen molar-refractivity contribution in [2.75, 3.05) is 6.61 Å². The van der Waals surface area contributed by atoms with Crippen molar-refractivity contribution < 1.29 is 9.53 Å². The summed E-state index contributed by atoms with van der Waals surface area (Å²) in [4.78, 5) is 11.6. The van der Waals surface area contributed by atoms with E-state index in [4.69, 9.17) is 16.3 Å². The molecule has 0 saturated heterocycles. The van der Waals surface area contributed by atoms with Crippen molar-refractivity contribution in [3.05, 3.63) is 47.0 Å². The summed E-state index contributed by atoms with van der Waals surface area (Å²) in [5, 5.41) is 0. The maximum absolute atomic E-state index is 11.6. The first-order chi connectivity index (χ1) is 7.79. The Morgan fingerprint density at radius 1 is 1.50 bits per heavy atom. The molecule has 0 atom stereocenters. The fourth-order valence-electron chi connectivity index (χ4n) is 1.13. The van der Waals surface area contributed by atoms with Crippen molar-refractivity contribution in [3.63, 3.8) is 0 Å². The predicted octanol–water partition coefficient (Wildman–Crippen LogP) is 2.97. The average molecular weight is 235 g/mol.